The third-order valence-electron chi connectivity index (χ3n) is 6.97. The van der Waals surface area contributed by atoms with Crippen molar-refractivity contribution >= 4 is 20.6 Å². The molecule has 0 saturated carbocycles. The van der Waals surface area contributed by atoms with Crippen molar-refractivity contribution in [2.24, 2.45) is 0 Å². The highest BCUT2D eigenvalue weighted by atomic mass is 32.2. The third kappa shape index (κ3) is 3.21. The average Bonchev–Trinajstić information content (AvgIpc) is 3.21. The molecule has 5 aromatic rings. The van der Waals surface area contributed by atoms with Gasteiger partial charge in [-0.2, -0.15) is 0 Å². The summed E-state index contributed by atoms with van der Waals surface area (Å²) in [4.78, 5) is 0.250. The summed E-state index contributed by atoms with van der Waals surface area (Å²) < 4.78 is 28.3. The zero-order valence-electron chi connectivity index (χ0n) is 19.5. The van der Waals surface area contributed by atoms with Gasteiger partial charge >= 0.3 is 0 Å². The molecule has 0 amide bonds. The second-order valence-corrected chi connectivity index (χ2v) is 11.3. The molecule has 1 atom stereocenters. The minimum absolute atomic E-state index is 0.0339. The summed E-state index contributed by atoms with van der Waals surface area (Å²) in [5.74, 6) is 0.0339. The van der Waals surface area contributed by atoms with E-state index in [1.807, 2.05) is 92.7 Å². The summed E-state index contributed by atoms with van der Waals surface area (Å²) >= 11 is 0. The van der Waals surface area contributed by atoms with Crippen LogP contribution in [0.2, 0.25) is 0 Å². The van der Waals surface area contributed by atoms with Crippen LogP contribution in [-0.2, 0) is 9.84 Å². The fraction of sp³-hybridized carbons (Fsp3) is 0.0968. The van der Waals surface area contributed by atoms with Crippen LogP contribution in [0.5, 0.6) is 5.75 Å². The number of benzene rings is 5. The number of fused-ring (bicyclic) bond motifs is 4. The number of phenolic OH excluding ortho intramolecular Hbond substituents is 1. The zero-order valence-corrected chi connectivity index (χ0v) is 20.3. The molecule has 172 valence electrons. The molecule has 0 aromatic heterocycles. The fourth-order valence-electron chi connectivity index (χ4n) is 5.34. The van der Waals surface area contributed by atoms with Crippen LogP contribution in [0.3, 0.4) is 0 Å². The molecule has 4 heteroatoms. The van der Waals surface area contributed by atoms with Gasteiger partial charge in [0, 0.05) is 10.9 Å². The molecule has 0 aliphatic heterocycles. The first kappa shape index (κ1) is 21.6. The van der Waals surface area contributed by atoms with Gasteiger partial charge in [-0.25, -0.2) is 8.42 Å². The largest absolute Gasteiger partial charge is 0.507 e. The lowest BCUT2D eigenvalue weighted by atomic mass is 9.88. The molecule has 6 rings (SSSR count). The maximum atomic E-state index is 14.2. The standard InChI is InChI=1S/C31H24O3S/c1-19-12-15-22(16-13-19)35(33,34)31-25-11-7-6-10-23(25)28-27(21-8-4-3-5-9-21)26-18-20(2)14-17-24(26)30(32)29(28)31/h3-18,31-32H,1-2H3. The quantitative estimate of drug-likeness (QED) is 0.296. The van der Waals surface area contributed by atoms with Crippen molar-refractivity contribution in [1.29, 1.82) is 0 Å². The monoisotopic (exact) mass is 476 g/mol. The van der Waals surface area contributed by atoms with Gasteiger partial charge in [0.1, 0.15) is 11.0 Å². The van der Waals surface area contributed by atoms with E-state index in [1.54, 1.807) is 12.1 Å². The lowest BCUT2D eigenvalue weighted by Gasteiger charge is -2.20. The SMILES string of the molecule is Cc1ccc(S(=O)(=O)C2c3ccccc3-c3c2c(O)c2ccc(C)cc2c3-c2ccccc2)cc1. The van der Waals surface area contributed by atoms with Gasteiger partial charge in [-0.05, 0) is 59.2 Å². The van der Waals surface area contributed by atoms with E-state index in [1.165, 1.54) is 0 Å². The van der Waals surface area contributed by atoms with Crippen molar-refractivity contribution in [2.75, 3.05) is 0 Å². The van der Waals surface area contributed by atoms with Crippen molar-refractivity contribution in [2.45, 2.75) is 24.0 Å². The first-order valence-electron chi connectivity index (χ1n) is 11.6. The van der Waals surface area contributed by atoms with Gasteiger partial charge in [0.15, 0.2) is 9.84 Å². The molecule has 1 N–H and O–H groups in total. The Hall–Kier alpha value is -3.89. The predicted octanol–water partition coefficient (Wildman–Crippen LogP) is 7.37. The number of phenols is 1. The topological polar surface area (TPSA) is 54.4 Å². The van der Waals surface area contributed by atoms with Crippen molar-refractivity contribution in [1.82, 2.24) is 0 Å². The van der Waals surface area contributed by atoms with Crippen LogP contribution in [0, 0.1) is 13.8 Å². The molecule has 0 fully saturated rings. The lowest BCUT2D eigenvalue weighted by Crippen LogP contribution is -2.13. The molecule has 0 heterocycles. The highest BCUT2D eigenvalue weighted by Crippen LogP contribution is 2.58. The van der Waals surface area contributed by atoms with Gasteiger partial charge < -0.3 is 5.11 Å². The number of hydrogen-bond acceptors (Lipinski definition) is 3. The van der Waals surface area contributed by atoms with Crippen LogP contribution >= 0.6 is 0 Å². The molecule has 0 bridgehead atoms. The predicted molar refractivity (Wildman–Crippen MR) is 141 cm³/mol. The molecule has 35 heavy (non-hydrogen) atoms. The van der Waals surface area contributed by atoms with Crippen LogP contribution in [0.1, 0.15) is 27.5 Å². The van der Waals surface area contributed by atoms with Gasteiger partial charge in [0.25, 0.3) is 0 Å². The summed E-state index contributed by atoms with van der Waals surface area (Å²) in [5, 5.41) is 12.2. The summed E-state index contributed by atoms with van der Waals surface area (Å²) in [6.45, 7) is 3.96. The Morgan fingerprint density at radius 1 is 0.686 bits per heavy atom. The second kappa shape index (κ2) is 7.82. The number of aryl methyl sites for hydroxylation is 2. The zero-order chi connectivity index (χ0) is 24.3. The van der Waals surface area contributed by atoms with Crippen LogP contribution in [0.15, 0.2) is 102 Å². The summed E-state index contributed by atoms with van der Waals surface area (Å²) in [6.07, 6.45) is 0. The Balaban J connectivity index is 1.78. The van der Waals surface area contributed by atoms with Gasteiger partial charge in [-0.3, -0.25) is 0 Å². The van der Waals surface area contributed by atoms with Crippen LogP contribution in [-0.4, -0.2) is 13.5 Å². The van der Waals surface area contributed by atoms with Crippen molar-refractivity contribution < 1.29 is 13.5 Å². The van der Waals surface area contributed by atoms with Crippen molar-refractivity contribution in [3.63, 3.8) is 0 Å². The molecule has 5 aromatic carbocycles. The first-order valence-corrected chi connectivity index (χ1v) is 13.2. The third-order valence-corrected chi connectivity index (χ3v) is 9.01. The van der Waals surface area contributed by atoms with E-state index < -0.39 is 15.1 Å². The van der Waals surface area contributed by atoms with E-state index in [0.29, 0.717) is 16.5 Å². The van der Waals surface area contributed by atoms with Crippen LogP contribution in [0.25, 0.3) is 33.0 Å². The minimum atomic E-state index is -3.84. The molecule has 1 aliphatic carbocycles. The van der Waals surface area contributed by atoms with Crippen molar-refractivity contribution in [3.8, 4) is 28.0 Å². The normalized spacial score (nSPS) is 14.6. The Labute approximate surface area is 205 Å². The smallest absolute Gasteiger partial charge is 0.189 e. The molecular weight excluding hydrogens is 452 g/mol. The molecule has 1 unspecified atom stereocenters. The van der Waals surface area contributed by atoms with E-state index in [2.05, 4.69) is 6.07 Å². The molecule has 1 aliphatic rings. The number of rotatable bonds is 3. The van der Waals surface area contributed by atoms with E-state index >= 15 is 0 Å². The van der Waals surface area contributed by atoms with Crippen LogP contribution in [0.4, 0.5) is 0 Å². The van der Waals surface area contributed by atoms with Gasteiger partial charge in [-0.1, -0.05) is 96.1 Å². The number of aromatic hydroxyl groups is 1. The van der Waals surface area contributed by atoms with E-state index in [9.17, 15) is 13.5 Å². The Bertz CT molecular complexity index is 1720. The summed E-state index contributed by atoms with van der Waals surface area (Å²) in [5.41, 5.74) is 6.80. The highest BCUT2D eigenvalue weighted by molar-refractivity contribution is 7.92. The minimum Gasteiger partial charge on any atom is -0.507 e. The molecule has 0 radical (unpaired) electrons. The van der Waals surface area contributed by atoms with Gasteiger partial charge in [0.2, 0.25) is 0 Å². The van der Waals surface area contributed by atoms with Gasteiger partial charge in [-0.15, -0.1) is 0 Å². The fourth-order valence-corrected chi connectivity index (χ4v) is 7.21. The first-order chi connectivity index (χ1) is 16.9. The molecular formula is C31H24O3S. The van der Waals surface area contributed by atoms with Crippen molar-refractivity contribution in [3.05, 3.63) is 119 Å². The Kier molecular flexibility index (Phi) is 4.83. The molecule has 3 nitrogen and oxygen atoms in total. The molecule has 0 spiro atoms. The highest BCUT2D eigenvalue weighted by Gasteiger charge is 2.43. The summed E-state index contributed by atoms with van der Waals surface area (Å²) in [6, 6.07) is 30.5. The Morgan fingerprint density at radius 2 is 1.34 bits per heavy atom. The molecule has 0 saturated heterocycles. The van der Waals surface area contributed by atoms with E-state index in [4.69, 9.17) is 0 Å². The number of sulfone groups is 1. The maximum Gasteiger partial charge on any atom is 0.189 e. The Morgan fingerprint density at radius 3 is 2.09 bits per heavy atom. The van der Waals surface area contributed by atoms with Crippen LogP contribution < -0.4 is 0 Å². The number of hydrogen-bond donors (Lipinski definition) is 1. The second-order valence-electron chi connectivity index (χ2n) is 9.25. The van der Waals surface area contributed by atoms with Gasteiger partial charge in [0.05, 0.1) is 4.90 Å². The average molecular weight is 477 g/mol. The van der Waals surface area contributed by atoms with E-state index in [-0.39, 0.29) is 10.6 Å². The lowest BCUT2D eigenvalue weighted by molar-refractivity contribution is 0.475. The maximum absolute atomic E-state index is 14.2. The summed E-state index contributed by atoms with van der Waals surface area (Å²) in [7, 11) is -3.84. The van der Waals surface area contributed by atoms with E-state index in [0.717, 1.165) is 38.8 Å².